The van der Waals surface area contributed by atoms with E-state index in [1.165, 1.54) is 12.1 Å². The Morgan fingerprint density at radius 2 is 1.67 bits per heavy atom. The molecular weight excluding hydrogens is 488 g/mol. The standard InChI is InChI=1S/C24H30N4O7S/c1-17(2)16-22(21(24(30)26-31)11-7-10-18-8-5-4-6-9-18)23(29)25-27(36(3,34)35)19-12-14-20(15-13-19)28(32)33/h4-10,12-15,17,21-22,31H,11,16H2,1-3H3,(H,25,29)(H,26,30)/b10-7+/t21-,22+/m0/s1. The van der Waals surface area contributed by atoms with Crippen LogP contribution in [0.25, 0.3) is 6.08 Å². The molecule has 12 heteroatoms. The van der Waals surface area contributed by atoms with Gasteiger partial charge < -0.3 is 0 Å². The first-order chi connectivity index (χ1) is 16.9. The van der Waals surface area contributed by atoms with Crippen molar-refractivity contribution in [1.82, 2.24) is 10.9 Å². The number of hydroxylamine groups is 1. The number of hydrogen-bond acceptors (Lipinski definition) is 7. The molecule has 0 saturated heterocycles. The monoisotopic (exact) mass is 518 g/mol. The maximum absolute atomic E-state index is 13.4. The molecule has 0 heterocycles. The zero-order valence-corrected chi connectivity index (χ0v) is 21.0. The van der Waals surface area contributed by atoms with Crippen molar-refractivity contribution < 1.29 is 28.1 Å². The van der Waals surface area contributed by atoms with E-state index in [2.05, 4.69) is 5.43 Å². The van der Waals surface area contributed by atoms with E-state index in [1.54, 1.807) is 17.6 Å². The fourth-order valence-corrected chi connectivity index (χ4v) is 4.41. The van der Waals surface area contributed by atoms with Crippen LogP contribution in [0, 0.1) is 27.9 Å². The lowest BCUT2D eigenvalue weighted by Crippen LogP contribution is -2.51. The van der Waals surface area contributed by atoms with Crippen LogP contribution in [0.3, 0.4) is 0 Å². The first-order valence-corrected chi connectivity index (χ1v) is 13.0. The number of nitrogens with one attached hydrogen (secondary N) is 2. The first-order valence-electron chi connectivity index (χ1n) is 11.1. The molecule has 0 fully saturated rings. The molecule has 0 aliphatic heterocycles. The van der Waals surface area contributed by atoms with E-state index >= 15 is 0 Å². The third-order valence-corrected chi connectivity index (χ3v) is 6.30. The summed E-state index contributed by atoms with van der Waals surface area (Å²) in [6.07, 6.45) is 4.68. The van der Waals surface area contributed by atoms with Gasteiger partial charge in [-0.05, 0) is 36.5 Å². The van der Waals surface area contributed by atoms with Gasteiger partial charge in [-0.1, -0.05) is 56.3 Å². The number of carbonyl (C=O) groups excluding carboxylic acids is 2. The molecule has 2 aromatic rings. The van der Waals surface area contributed by atoms with Crippen LogP contribution in [-0.4, -0.2) is 36.6 Å². The number of allylic oxidation sites excluding steroid dienone is 1. The van der Waals surface area contributed by atoms with Crippen LogP contribution >= 0.6 is 0 Å². The largest absolute Gasteiger partial charge is 0.289 e. The van der Waals surface area contributed by atoms with E-state index < -0.39 is 38.6 Å². The Kier molecular flexibility index (Phi) is 10.1. The van der Waals surface area contributed by atoms with Gasteiger partial charge in [0.15, 0.2) is 0 Å². The molecule has 0 aliphatic rings. The molecule has 2 atom stereocenters. The molecule has 0 radical (unpaired) electrons. The third-order valence-electron chi connectivity index (χ3n) is 5.33. The van der Waals surface area contributed by atoms with Gasteiger partial charge in [-0.25, -0.2) is 13.9 Å². The summed E-state index contributed by atoms with van der Waals surface area (Å²) in [6.45, 7) is 3.69. The van der Waals surface area contributed by atoms with Crippen molar-refractivity contribution >= 4 is 39.3 Å². The molecule has 11 nitrogen and oxygen atoms in total. The van der Waals surface area contributed by atoms with Crippen molar-refractivity contribution in [3.8, 4) is 0 Å². The lowest BCUT2D eigenvalue weighted by molar-refractivity contribution is -0.384. The zero-order valence-electron chi connectivity index (χ0n) is 20.2. The van der Waals surface area contributed by atoms with E-state index in [9.17, 15) is 33.3 Å². The number of nitro benzene ring substituents is 1. The van der Waals surface area contributed by atoms with Gasteiger partial charge in [0, 0.05) is 12.1 Å². The van der Waals surface area contributed by atoms with Gasteiger partial charge >= 0.3 is 0 Å². The molecule has 0 aromatic heterocycles. The van der Waals surface area contributed by atoms with Crippen molar-refractivity contribution in [3.05, 3.63) is 76.4 Å². The molecule has 0 saturated carbocycles. The molecule has 2 rings (SSSR count). The number of anilines is 1. The third kappa shape index (κ3) is 8.17. The second-order valence-electron chi connectivity index (χ2n) is 8.64. The predicted molar refractivity (Wildman–Crippen MR) is 135 cm³/mol. The fraction of sp³-hybridized carbons (Fsp3) is 0.333. The lowest BCUT2D eigenvalue weighted by atomic mass is 9.82. The summed E-state index contributed by atoms with van der Waals surface area (Å²) in [4.78, 5) is 36.2. The first kappa shape index (κ1) is 28.5. The van der Waals surface area contributed by atoms with Gasteiger partial charge in [0.05, 0.1) is 28.7 Å². The van der Waals surface area contributed by atoms with E-state index in [0.29, 0.717) is 4.41 Å². The fourth-order valence-electron chi connectivity index (χ4n) is 3.65. The molecule has 2 aromatic carbocycles. The van der Waals surface area contributed by atoms with Gasteiger partial charge in [0.25, 0.3) is 5.69 Å². The van der Waals surface area contributed by atoms with E-state index in [0.717, 1.165) is 24.0 Å². The van der Waals surface area contributed by atoms with Crippen LogP contribution in [-0.2, 0) is 19.6 Å². The van der Waals surface area contributed by atoms with Gasteiger partial charge in [-0.2, -0.15) is 4.41 Å². The van der Waals surface area contributed by atoms with E-state index in [1.807, 2.05) is 44.2 Å². The van der Waals surface area contributed by atoms with Crippen LogP contribution in [0.15, 0.2) is 60.7 Å². The highest BCUT2D eigenvalue weighted by atomic mass is 32.2. The number of carbonyl (C=O) groups is 2. The van der Waals surface area contributed by atoms with Gasteiger partial charge in [0.1, 0.15) is 0 Å². The normalized spacial score (nSPS) is 13.2. The SMILES string of the molecule is CC(C)C[C@@H](C(=O)NN(c1ccc([N+](=O)[O-])cc1)S(C)(=O)=O)[C@H](C/C=C/c1ccccc1)C(=O)NO. The van der Waals surface area contributed by atoms with Crippen LogP contribution in [0.5, 0.6) is 0 Å². The van der Waals surface area contributed by atoms with Crippen LogP contribution < -0.4 is 15.3 Å². The van der Waals surface area contributed by atoms with Gasteiger partial charge in [-0.15, -0.1) is 0 Å². The number of sulfonamides is 1. The Morgan fingerprint density at radius 3 is 2.17 bits per heavy atom. The maximum atomic E-state index is 13.4. The quantitative estimate of drug-likeness (QED) is 0.221. The number of rotatable bonds is 12. The van der Waals surface area contributed by atoms with Crippen molar-refractivity contribution in [2.45, 2.75) is 26.7 Å². The number of nitro groups is 1. The van der Waals surface area contributed by atoms with Gasteiger partial charge in [-0.3, -0.25) is 30.3 Å². The lowest BCUT2D eigenvalue weighted by Gasteiger charge is -2.29. The summed E-state index contributed by atoms with van der Waals surface area (Å²) < 4.78 is 25.5. The summed E-state index contributed by atoms with van der Waals surface area (Å²) in [5.41, 5.74) is 4.56. The topological polar surface area (TPSA) is 159 Å². The molecule has 0 aliphatic carbocycles. The number of hydrogen-bond donors (Lipinski definition) is 3. The average molecular weight is 519 g/mol. The van der Waals surface area contributed by atoms with Crippen molar-refractivity contribution in [2.75, 3.05) is 10.7 Å². The van der Waals surface area contributed by atoms with E-state index in [-0.39, 0.29) is 30.1 Å². The number of non-ortho nitro benzene ring substituents is 1. The minimum Gasteiger partial charge on any atom is -0.289 e. The Hall–Kier alpha value is -3.77. The second-order valence-corrected chi connectivity index (χ2v) is 10.5. The minimum atomic E-state index is -4.04. The zero-order chi connectivity index (χ0) is 26.9. The second kappa shape index (κ2) is 12.8. The predicted octanol–water partition coefficient (Wildman–Crippen LogP) is 3.28. The van der Waals surface area contributed by atoms with Gasteiger partial charge in [0.2, 0.25) is 21.8 Å². The molecule has 194 valence electrons. The average Bonchev–Trinajstić information content (AvgIpc) is 2.83. The summed E-state index contributed by atoms with van der Waals surface area (Å²) in [6, 6.07) is 13.9. The Labute approximate surface area is 209 Å². The van der Waals surface area contributed by atoms with Crippen molar-refractivity contribution in [3.63, 3.8) is 0 Å². The van der Waals surface area contributed by atoms with Crippen LogP contribution in [0.2, 0.25) is 0 Å². The summed E-state index contributed by atoms with van der Waals surface area (Å²) >= 11 is 0. The molecule has 3 N–H and O–H groups in total. The van der Waals surface area contributed by atoms with Crippen LogP contribution in [0.1, 0.15) is 32.3 Å². The molecule has 36 heavy (non-hydrogen) atoms. The highest BCUT2D eigenvalue weighted by molar-refractivity contribution is 7.92. The highest BCUT2D eigenvalue weighted by Crippen LogP contribution is 2.27. The number of amides is 2. The summed E-state index contributed by atoms with van der Waals surface area (Å²) in [5.74, 6) is -3.58. The molecular formula is C24H30N4O7S. The summed E-state index contributed by atoms with van der Waals surface area (Å²) in [5, 5.41) is 20.3. The minimum absolute atomic E-state index is 0.0214. The van der Waals surface area contributed by atoms with Crippen molar-refractivity contribution in [2.24, 2.45) is 17.8 Å². The highest BCUT2D eigenvalue weighted by Gasteiger charge is 2.35. The number of hydrazine groups is 1. The number of benzene rings is 2. The van der Waals surface area contributed by atoms with Crippen LogP contribution in [0.4, 0.5) is 11.4 Å². The molecule has 0 unspecified atom stereocenters. The summed E-state index contributed by atoms with van der Waals surface area (Å²) in [7, 11) is -4.04. The van der Waals surface area contributed by atoms with E-state index in [4.69, 9.17) is 0 Å². The smallest absolute Gasteiger partial charge is 0.269 e. The maximum Gasteiger partial charge on any atom is 0.269 e. The number of nitrogens with zero attached hydrogens (tertiary/aromatic N) is 2. The molecule has 0 bridgehead atoms. The Bertz CT molecular complexity index is 1180. The Balaban J connectivity index is 2.36. The Morgan fingerprint density at radius 1 is 1.06 bits per heavy atom. The molecule has 0 spiro atoms. The molecule has 2 amide bonds. The van der Waals surface area contributed by atoms with Crippen molar-refractivity contribution in [1.29, 1.82) is 0 Å².